The summed E-state index contributed by atoms with van der Waals surface area (Å²) in [6, 6.07) is 9.71. The Morgan fingerprint density at radius 2 is 1.83 bits per heavy atom. The first kappa shape index (κ1) is 21.0. The summed E-state index contributed by atoms with van der Waals surface area (Å²) in [7, 11) is -3.73. The standard InChI is InChI=1S/C17H17ClN4O6S/c18-12-2-1-3-14(10-12)29(27,28)21-8-6-20(7-9-21)16-5-4-13(22(25)26)11-15(16)17(23)19-24/h1-5,10-11,24H,6-9H2,(H,19,23). The highest BCUT2D eigenvalue weighted by molar-refractivity contribution is 7.89. The van der Waals surface area contributed by atoms with Crippen molar-refractivity contribution in [3.8, 4) is 0 Å². The Morgan fingerprint density at radius 3 is 2.41 bits per heavy atom. The molecule has 3 rings (SSSR count). The first-order valence-corrected chi connectivity index (χ1v) is 10.3. The van der Waals surface area contributed by atoms with Gasteiger partial charge >= 0.3 is 0 Å². The predicted octanol–water partition coefficient (Wildman–Crippen LogP) is 1.88. The maximum atomic E-state index is 12.8. The summed E-state index contributed by atoms with van der Waals surface area (Å²) in [5, 5.41) is 20.2. The van der Waals surface area contributed by atoms with E-state index in [1.807, 2.05) is 0 Å². The number of carbonyl (C=O) groups excluding carboxylic acids is 1. The SMILES string of the molecule is O=C(NO)c1cc([N+](=O)[O-])ccc1N1CCN(S(=O)(=O)c2cccc(Cl)c2)CC1. The topological polar surface area (TPSA) is 133 Å². The molecule has 2 aromatic rings. The van der Waals surface area contributed by atoms with Crippen LogP contribution in [0, 0.1) is 10.1 Å². The Balaban J connectivity index is 1.82. The molecule has 29 heavy (non-hydrogen) atoms. The van der Waals surface area contributed by atoms with E-state index in [1.165, 1.54) is 34.1 Å². The molecule has 0 atom stereocenters. The van der Waals surface area contributed by atoms with Gasteiger partial charge in [-0.05, 0) is 24.3 Å². The second kappa shape index (κ2) is 8.33. The number of hydrogen-bond acceptors (Lipinski definition) is 7. The Hall–Kier alpha value is -2.73. The minimum atomic E-state index is -3.73. The van der Waals surface area contributed by atoms with Crippen molar-refractivity contribution in [2.45, 2.75) is 4.90 Å². The van der Waals surface area contributed by atoms with Crippen molar-refractivity contribution in [2.75, 3.05) is 31.1 Å². The van der Waals surface area contributed by atoms with Gasteiger partial charge in [0.2, 0.25) is 10.0 Å². The molecule has 0 spiro atoms. The molecule has 1 aliphatic rings. The van der Waals surface area contributed by atoms with Gasteiger partial charge in [-0.25, -0.2) is 13.9 Å². The van der Waals surface area contributed by atoms with E-state index >= 15 is 0 Å². The molecule has 0 radical (unpaired) electrons. The van der Waals surface area contributed by atoms with E-state index in [4.69, 9.17) is 16.8 Å². The molecule has 0 aromatic heterocycles. The maximum absolute atomic E-state index is 12.8. The van der Waals surface area contributed by atoms with Gasteiger partial charge in [-0.2, -0.15) is 4.31 Å². The van der Waals surface area contributed by atoms with E-state index < -0.39 is 20.9 Å². The molecule has 1 saturated heterocycles. The summed E-state index contributed by atoms with van der Waals surface area (Å²) in [5.41, 5.74) is 1.47. The highest BCUT2D eigenvalue weighted by Crippen LogP contribution is 2.28. The summed E-state index contributed by atoms with van der Waals surface area (Å²) < 4.78 is 26.9. The molecule has 154 valence electrons. The van der Waals surface area contributed by atoms with Gasteiger partial charge in [0.1, 0.15) is 0 Å². The number of nitro groups is 1. The zero-order chi connectivity index (χ0) is 21.2. The van der Waals surface area contributed by atoms with E-state index in [2.05, 4.69) is 0 Å². The van der Waals surface area contributed by atoms with Gasteiger partial charge in [-0.1, -0.05) is 17.7 Å². The maximum Gasteiger partial charge on any atom is 0.276 e. The number of nitrogens with one attached hydrogen (secondary N) is 1. The smallest absolute Gasteiger partial charge is 0.276 e. The third kappa shape index (κ3) is 4.32. The Labute approximate surface area is 171 Å². The van der Waals surface area contributed by atoms with Gasteiger partial charge in [0, 0.05) is 43.3 Å². The van der Waals surface area contributed by atoms with E-state index in [-0.39, 0.29) is 42.3 Å². The molecule has 10 nitrogen and oxygen atoms in total. The second-order valence-corrected chi connectivity index (χ2v) is 8.62. The molecule has 12 heteroatoms. The quantitative estimate of drug-likeness (QED) is 0.412. The van der Waals surface area contributed by atoms with E-state index in [1.54, 1.807) is 17.0 Å². The Morgan fingerprint density at radius 1 is 1.14 bits per heavy atom. The van der Waals surface area contributed by atoms with Crippen LogP contribution in [0.1, 0.15) is 10.4 Å². The van der Waals surface area contributed by atoms with Gasteiger partial charge in [-0.15, -0.1) is 0 Å². The molecule has 1 fully saturated rings. The number of non-ortho nitro benzene ring substituents is 1. The zero-order valence-electron chi connectivity index (χ0n) is 15.0. The van der Waals surface area contributed by atoms with Crippen LogP contribution in [0.25, 0.3) is 0 Å². The molecule has 1 heterocycles. The molecular formula is C17H17ClN4O6S. The Kier molecular flexibility index (Phi) is 6.03. The fourth-order valence-corrected chi connectivity index (χ4v) is 4.82. The largest absolute Gasteiger partial charge is 0.368 e. The lowest BCUT2D eigenvalue weighted by Gasteiger charge is -2.36. The number of carbonyl (C=O) groups is 1. The summed E-state index contributed by atoms with van der Waals surface area (Å²) >= 11 is 5.89. The van der Waals surface area contributed by atoms with Crippen molar-refractivity contribution in [2.24, 2.45) is 0 Å². The van der Waals surface area contributed by atoms with Crippen molar-refractivity contribution >= 4 is 38.9 Å². The number of rotatable bonds is 5. The predicted molar refractivity (Wildman–Crippen MR) is 105 cm³/mol. The summed E-state index contributed by atoms with van der Waals surface area (Å²) in [4.78, 5) is 24.1. The van der Waals surface area contributed by atoms with Gasteiger partial charge in [0.25, 0.3) is 11.6 Å². The molecule has 0 saturated carbocycles. The average Bonchev–Trinajstić information content (AvgIpc) is 2.72. The lowest BCUT2D eigenvalue weighted by molar-refractivity contribution is -0.384. The third-order valence-corrected chi connectivity index (χ3v) is 6.68. The fourth-order valence-electron chi connectivity index (χ4n) is 3.10. The number of halogens is 1. The average molecular weight is 441 g/mol. The van der Waals surface area contributed by atoms with Crippen molar-refractivity contribution in [3.05, 3.63) is 63.2 Å². The monoisotopic (exact) mass is 440 g/mol. The van der Waals surface area contributed by atoms with Crippen LogP contribution in [-0.4, -0.2) is 54.9 Å². The van der Waals surface area contributed by atoms with Crippen LogP contribution in [0.4, 0.5) is 11.4 Å². The Bertz CT molecular complexity index is 1050. The van der Waals surface area contributed by atoms with Crippen LogP contribution in [0.2, 0.25) is 5.02 Å². The van der Waals surface area contributed by atoms with Crippen molar-refractivity contribution < 1.29 is 23.3 Å². The number of benzene rings is 2. The van der Waals surface area contributed by atoms with Gasteiger partial charge in [0.05, 0.1) is 21.1 Å². The van der Waals surface area contributed by atoms with Crippen LogP contribution in [0.15, 0.2) is 47.4 Å². The highest BCUT2D eigenvalue weighted by Gasteiger charge is 2.30. The minimum absolute atomic E-state index is 0.0761. The first-order valence-electron chi connectivity index (χ1n) is 8.47. The van der Waals surface area contributed by atoms with Gasteiger partial charge in [-0.3, -0.25) is 20.1 Å². The lowest BCUT2D eigenvalue weighted by atomic mass is 10.1. The van der Waals surface area contributed by atoms with Crippen LogP contribution >= 0.6 is 11.6 Å². The minimum Gasteiger partial charge on any atom is -0.368 e. The molecule has 1 aliphatic heterocycles. The molecular weight excluding hydrogens is 424 g/mol. The van der Waals surface area contributed by atoms with E-state index in [0.717, 1.165) is 6.07 Å². The third-order valence-electron chi connectivity index (χ3n) is 4.55. The van der Waals surface area contributed by atoms with Crippen molar-refractivity contribution in [1.29, 1.82) is 0 Å². The molecule has 2 aromatic carbocycles. The molecule has 0 bridgehead atoms. The normalized spacial score (nSPS) is 15.2. The second-order valence-electron chi connectivity index (χ2n) is 6.25. The van der Waals surface area contributed by atoms with Crippen LogP contribution in [0.3, 0.4) is 0 Å². The zero-order valence-corrected chi connectivity index (χ0v) is 16.6. The summed E-state index contributed by atoms with van der Waals surface area (Å²) in [6.45, 7) is 0.796. The fraction of sp³-hybridized carbons (Fsp3) is 0.235. The van der Waals surface area contributed by atoms with Crippen molar-refractivity contribution in [3.63, 3.8) is 0 Å². The van der Waals surface area contributed by atoms with E-state index in [9.17, 15) is 23.3 Å². The number of nitro benzene ring substituents is 1. The molecule has 1 amide bonds. The van der Waals surface area contributed by atoms with Gasteiger partial charge < -0.3 is 4.90 Å². The van der Waals surface area contributed by atoms with Gasteiger partial charge in [0.15, 0.2) is 0 Å². The lowest BCUT2D eigenvalue weighted by Crippen LogP contribution is -2.49. The number of anilines is 1. The number of sulfonamides is 1. The molecule has 0 aliphatic carbocycles. The number of amides is 1. The summed E-state index contributed by atoms with van der Waals surface area (Å²) in [6.07, 6.45) is 0. The van der Waals surface area contributed by atoms with Crippen LogP contribution in [-0.2, 0) is 10.0 Å². The number of hydrogen-bond donors (Lipinski definition) is 2. The van der Waals surface area contributed by atoms with E-state index in [0.29, 0.717) is 10.7 Å². The summed E-state index contributed by atoms with van der Waals surface area (Å²) in [5.74, 6) is -0.891. The molecule has 2 N–H and O–H groups in total. The van der Waals surface area contributed by atoms with Crippen LogP contribution < -0.4 is 10.4 Å². The van der Waals surface area contributed by atoms with Crippen molar-refractivity contribution in [1.82, 2.24) is 9.79 Å². The number of nitrogens with zero attached hydrogens (tertiary/aromatic N) is 3. The highest BCUT2D eigenvalue weighted by atomic mass is 35.5. The number of hydroxylamine groups is 1. The number of piperazine rings is 1. The molecule has 0 unspecified atom stereocenters. The first-order chi connectivity index (χ1) is 13.7. The van der Waals surface area contributed by atoms with Crippen LogP contribution in [0.5, 0.6) is 0 Å².